The van der Waals surface area contributed by atoms with Crippen molar-refractivity contribution >= 4 is 12.7 Å². The van der Waals surface area contributed by atoms with Crippen molar-refractivity contribution in [3.05, 3.63) is 61.6 Å². The predicted octanol–water partition coefficient (Wildman–Crippen LogP) is 1.02. The molecule has 0 aliphatic rings. The van der Waals surface area contributed by atoms with E-state index < -0.39 is 0 Å². The van der Waals surface area contributed by atoms with E-state index in [0.29, 0.717) is 17.2 Å². The molecule has 0 spiro atoms. The molecule has 0 radical (unpaired) electrons. The van der Waals surface area contributed by atoms with E-state index in [1.807, 2.05) is 13.0 Å². The predicted molar refractivity (Wildman–Crippen MR) is 73.7 cm³/mol. The lowest BCUT2D eigenvalue weighted by Gasteiger charge is -2.04. The van der Waals surface area contributed by atoms with Crippen molar-refractivity contribution in [1.29, 1.82) is 0 Å². The lowest BCUT2D eigenvalue weighted by molar-refractivity contribution is 0.617. The number of hydrogen-bond acceptors (Lipinski definition) is 2. The first-order valence-corrected chi connectivity index (χ1v) is 6.01. The van der Waals surface area contributed by atoms with E-state index in [1.165, 1.54) is 6.07 Å². The van der Waals surface area contributed by atoms with Gasteiger partial charge in [-0.25, -0.2) is 9.49 Å². The van der Waals surface area contributed by atoms with Crippen molar-refractivity contribution in [3.63, 3.8) is 0 Å². The van der Waals surface area contributed by atoms with Crippen LogP contribution in [0.5, 0.6) is 0 Å². The molecule has 98 valence electrons. The second-order valence-corrected chi connectivity index (χ2v) is 4.44. The Kier molecular flexibility index (Phi) is 3.60. The van der Waals surface area contributed by atoms with Gasteiger partial charge in [-0.15, -0.1) is 0 Å². The van der Waals surface area contributed by atoms with Crippen LogP contribution in [0.1, 0.15) is 23.7 Å². The highest BCUT2D eigenvalue weighted by Gasteiger charge is 2.04. The van der Waals surface area contributed by atoms with E-state index in [-0.39, 0.29) is 11.4 Å². The maximum absolute atomic E-state index is 13.2. The summed E-state index contributed by atoms with van der Waals surface area (Å²) < 4.78 is 13.2. The lowest BCUT2D eigenvalue weighted by Crippen LogP contribution is -2.43. The number of nitrogens with one attached hydrogen (secondary N) is 1. The molecule has 1 N–H and O–H groups in total. The Morgan fingerprint density at radius 2 is 2.21 bits per heavy atom. The van der Waals surface area contributed by atoms with Crippen molar-refractivity contribution in [2.24, 2.45) is 0 Å². The van der Waals surface area contributed by atoms with Crippen LogP contribution >= 0.6 is 0 Å². The number of nitrogens with zero attached hydrogens (tertiary/aromatic N) is 1. The number of H-pyrrole nitrogens is 1. The van der Waals surface area contributed by atoms with Crippen LogP contribution in [0, 0.1) is 12.7 Å². The first-order chi connectivity index (χ1) is 9.02. The molecule has 1 aromatic carbocycles. The average Bonchev–Trinajstić information content (AvgIpc) is 2.39. The number of aromatic nitrogens is 2. The molecule has 3 nitrogen and oxygen atoms in total. The summed E-state index contributed by atoms with van der Waals surface area (Å²) >= 11 is 0. The van der Waals surface area contributed by atoms with Crippen LogP contribution in [0.25, 0.3) is 12.7 Å². The highest BCUT2D eigenvalue weighted by Crippen LogP contribution is 2.10. The first-order valence-electron chi connectivity index (χ1n) is 6.01. The van der Waals surface area contributed by atoms with Gasteiger partial charge in [-0.05, 0) is 31.0 Å². The van der Waals surface area contributed by atoms with E-state index in [1.54, 1.807) is 19.1 Å². The Hall–Kier alpha value is -2.23. The Bertz CT molecular complexity index is 778. The van der Waals surface area contributed by atoms with E-state index >= 15 is 0 Å². The van der Waals surface area contributed by atoms with Crippen molar-refractivity contribution in [3.8, 4) is 0 Å². The minimum Gasteiger partial charge on any atom is -0.267 e. The molecule has 0 fully saturated rings. The number of hydrogen-bond donors (Lipinski definition) is 1. The van der Waals surface area contributed by atoms with Gasteiger partial charge in [-0.2, -0.15) is 5.10 Å². The van der Waals surface area contributed by atoms with Gasteiger partial charge in [-0.3, -0.25) is 4.79 Å². The Labute approximate surface area is 110 Å². The second-order valence-electron chi connectivity index (χ2n) is 4.44. The van der Waals surface area contributed by atoms with E-state index in [9.17, 15) is 9.18 Å². The second kappa shape index (κ2) is 5.18. The SMILES string of the molecule is C=c1c(=O)[nH]nc(Cc2ccc(F)c(C)c2)/c1=C/C. The molecule has 0 aliphatic carbocycles. The third-order valence-electron chi connectivity index (χ3n) is 3.09. The zero-order chi connectivity index (χ0) is 14.0. The Balaban J connectivity index is 2.50. The number of aromatic amines is 1. The summed E-state index contributed by atoms with van der Waals surface area (Å²) in [6.45, 7) is 7.31. The summed E-state index contributed by atoms with van der Waals surface area (Å²) in [5.41, 5.74) is 1.99. The van der Waals surface area contributed by atoms with E-state index in [0.717, 1.165) is 16.5 Å². The van der Waals surface area contributed by atoms with Crippen LogP contribution in [0.15, 0.2) is 23.0 Å². The molecule has 0 saturated carbocycles. The van der Waals surface area contributed by atoms with E-state index in [4.69, 9.17) is 0 Å². The summed E-state index contributed by atoms with van der Waals surface area (Å²) in [7, 11) is 0. The third-order valence-corrected chi connectivity index (χ3v) is 3.09. The maximum Gasteiger partial charge on any atom is 0.271 e. The first kappa shape index (κ1) is 13.2. The van der Waals surface area contributed by atoms with Crippen LogP contribution in [-0.4, -0.2) is 10.2 Å². The molecule has 0 unspecified atom stereocenters. The van der Waals surface area contributed by atoms with Gasteiger partial charge in [0.05, 0.1) is 5.69 Å². The third kappa shape index (κ3) is 2.62. The molecule has 0 saturated heterocycles. The summed E-state index contributed by atoms with van der Waals surface area (Å²) in [5.74, 6) is -0.224. The molecule has 19 heavy (non-hydrogen) atoms. The quantitative estimate of drug-likeness (QED) is 0.874. The fourth-order valence-electron chi connectivity index (χ4n) is 2.03. The van der Waals surface area contributed by atoms with Crippen molar-refractivity contribution < 1.29 is 4.39 Å². The molecule has 1 heterocycles. The monoisotopic (exact) mass is 258 g/mol. The summed E-state index contributed by atoms with van der Waals surface area (Å²) in [6, 6.07) is 4.94. The van der Waals surface area contributed by atoms with E-state index in [2.05, 4.69) is 16.8 Å². The van der Waals surface area contributed by atoms with Gasteiger partial charge in [0.2, 0.25) is 0 Å². The molecule has 0 atom stereocenters. The molecule has 2 rings (SSSR count). The number of aryl methyl sites for hydroxylation is 1. The van der Waals surface area contributed by atoms with Crippen LogP contribution < -0.4 is 16.0 Å². The van der Waals surface area contributed by atoms with Gasteiger partial charge in [0.25, 0.3) is 5.56 Å². The molecular formula is C15H15FN2O. The normalized spacial score (nSPS) is 11.8. The van der Waals surface area contributed by atoms with Crippen LogP contribution in [0.2, 0.25) is 0 Å². The number of benzene rings is 1. The molecule has 1 aromatic heterocycles. The largest absolute Gasteiger partial charge is 0.271 e. The lowest BCUT2D eigenvalue weighted by atomic mass is 10.0. The Morgan fingerprint density at radius 3 is 2.84 bits per heavy atom. The van der Waals surface area contributed by atoms with Gasteiger partial charge < -0.3 is 0 Å². The number of rotatable bonds is 2. The summed E-state index contributed by atoms with van der Waals surface area (Å²) in [4.78, 5) is 11.5. The van der Waals surface area contributed by atoms with Crippen molar-refractivity contribution in [2.75, 3.05) is 0 Å². The fourth-order valence-corrected chi connectivity index (χ4v) is 2.03. The van der Waals surface area contributed by atoms with Gasteiger partial charge in [0.15, 0.2) is 0 Å². The smallest absolute Gasteiger partial charge is 0.267 e. The molecule has 2 aromatic rings. The molecular weight excluding hydrogens is 243 g/mol. The Morgan fingerprint density at radius 1 is 1.47 bits per heavy atom. The van der Waals surface area contributed by atoms with Crippen LogP contribution in [0.4, 0.5) is 4.39 Å². The van der Waals surface area contributed by atoms with Crippen LogP contribution in [0.3, 0.4) is 0 Å². The molecule has 0 aliphatic heterocycles. The minimum atomic E-state index is -0.285. The fraction of sp³-hybridized carbons (Fsp3) is 0.200. The molecule has 0 amide bonds. The highest BCUT2D eigenvalue weighted by molar-refractivity contribution is 5.31. The van der Waals surface area contributed by atoms with Crippen LogP contribution in [-0.2, 0) is 6.42 Å². The summed E-state index contributed by atoms with van der Waals surface area (Å²) in [6.07, 6.45) is 2.34. The van der Waals surface area contributed by atoms with Gasteiger partial charge in [-0.1, -0.05) is 24.8 Å². The van der Waals surface area contributed by atoms with Crippen molar-refractivity contribution in [2.45, 2.75) is 20.3 Å². The summed E-state index contributed by atoms with van der Waals surface area (Å²) in [5, 5.41) is 7.63. The van der Waals surface area contributed by atoms with Gasteiger partial charge >= 0.3 is 0 Å². The van der Waals surface area contributed by atoms with Crippen molar-refractivity contribution in [1.82, 2.24) is 10.2 Å². The van der Waals surface area contributed by atoms with Gasteiger partial charge in [0, 0.05) is 16.9 Å². The zero-order valence-corrected chi connectivity index (χ0v) is 11.0. The van der Waals surface area contributed by atoms with Gasteiger partial charge in [0.1, 0.15) is 5.82 Å². The molecule has 4 heteroatoms. The minimum absolute atomic E-state index is 0.224. The highest BCUT2D eigenvalue weighted by atomic mass is 19.1. The average molecular weight is 258 g/mol. The molecule has 0 bridgehead atoms. The number of halogens is 1. The maximum atomic E-state index is 13.2. The standard InChI is InChI=1S/C15H15FN2O/c1-4-12-10(3)15(19)18-17-14(12)8-11-5-6-13(16)9(2)7-11/h4-7H,3,8H2,1-2H3,(H,18,19)/b12-4+. The zero-order valence-electron chi connectivity index (χ0n) is 11.0. The topological polar surface area (TPSA) is 45.8 Å².